The van der Waals surface area contributed by atoms with Crippen molar-refractivity contribution in [1.82, 2.24) is 25.3 Å². The zero-order valence-corrected chi connectivity index (χ0v) is 20.6. The van der Waals surface area contributed by atoms with Gasteiger partial charge in [-0.2, -0.15) is 9.97 Å². The monoisotopic (exact) mass is 471 g/mol. The Labute approximate surface area is 201 Å². The summed E-state index contributed by atoms with van der Waals surface area (Å²) in [5, 5.41) is 13.0. The summed E-state index contributed by atoms with van der Waals surface area (Å²) in [7, 11) is 2.04. The quantitative estimate of drug-likeness (QED) is 0.481. The highest BCUT2D eigenvalue weighted by atomic mass is 16.5. The Kier molecular flexibility index (Phi) is 8.04. The van der Waals surface area contributed by atoms with Gasteiger partial charge >= 0.3 is 6.03 Å². The van der Waals surface area contributed by atoms with Gasteiger partial charge in [0.05, 0.1) is 0 Å². The summed E-state index contributed by atoms with van der Waals surface area (Å²) in [6.07, 6.45) is 4.85. The lowest BCUT2D eigenvalue weighted by atomic mass is 10.3. The van der Waals surface area contributed by atoms with Crippen molar-refractivity contribution in [2.45, 2.75) is 39.5 Å². The van der Waals surface area contributed by atoms with E-state index in [0.717, 1.165) is 63.4 Å². The van der Waals surface area contributed by atoms with Gasteiger partial charge in [0, 0.05) is 58.4 Å². The number of carbonyl (C=O) groups excluding carboxylic acids is 1. The molecule has 11 heteroatoms. The first-order valence-corrected chi connectivity index (χ1v) is 12.3. The minimum atomic E-state index is -0.259. The molecular formula is C23H37N9O2. The van der Waals surface area contributed by atoms with Gasteiger partial charge < -0.3 is 35.2 Å². The predicted molar refractivity (Wildman–Crippen MR) is 134 cm³/mol. The molecule has 0 saturated carbocycles. The van der Waals surface area contributed by atoms with Crippen molar-refractivity contribution < 1.29 is 9.32 Å². The highest BCUT2D eigenvalue weighted by molar-refractivity contribution is 5.90. The zero-order valence-electron chi connectivity index (χ0n) is 20.6. The first-order valence-electron chi connectivity index (χ1n) is 12.3. The van der Waals surface area contributed by atoms with Crippen LogP contribution in [-0.4, -0.2) is 85.5 Å². The van der Waals surface area contributed by atoms with Crippen molar-refractivity contribution in [3.05, 3.63) is 17.5 Å². The molecule has 186 valence electrons. The van der Waals surface area contributed by atoms with E-state index < -0.39 is 0 Å². The second-order valence-electron chi connectivity index (χ2n) is 9.11. The minimum absolute atomic E-state index is 0.259. The van der Waals surface area contributed by atoms with Crippen LogP contribution in [0.2, 0.25) is 0 Å². The fourth-order valence-corrected chi connectivity index (χ4v) is 4.35. The average Bonchev–Trinajstić information content (AvgIpc) is 3.59. The van der Waals surface area contributed by atoms with Crippen LogP contribution < -0.4 is 25.8 Å². The van der Waals surface area contributed by atoms with Crippen molar-refractivity contribution >= 4 is 29.3 Å². The third-order valence-corrected chi connectivity index (χ3v) is 6.37. The Morgan fingerprint density at radius 2 is 1.71 bits per heavy atom. The zero-order chi connectivity index (χ0) is 23.9. The minimum Gasteiger partial charge on any atom is -0.369 e. The van der Waals surface area contributed by atoms with Crippen molar-refractivity contribution in [1.29, 1.82) is 0 Å². The standard InChI is InChI=1S/C23H37N9O2/c1-17-21(18(2)34-29-17)28-23(33)25-9-15-30(3)14-8-24-19-16-20(31-10-4-5-11-31)27-22(26-19)32-12-6-7-13-32/h16H,4-15H2,1-3H3,(H,24,26,27)(H2,25,28,33). The van der Waals surface area contributed by atoms with Gasteiger partial charge in [0.1, 0.15) is 23.0 Å². The van der Waals surface area contributed by atoms with E-state index >= 15 is 0 Å². The molecule has 4 heterocycles. The molecule has 2 fully saturated rings. The number of rotatable bonds is 10. The topological polar surface area (TPSA) is 115 Å². The number of aryl methyl sites for hydroxylation is 2. The van der Waals surface area contributed by atoms with Crippen LogP contribution in [0.3, 0.4) is 0 Å². The number of nitrogens with one attached hydrogen (secondary N) is 3. The van der Waals surface area contributed by atoms with Crippen LogP contribution in [0, 0.1) is 13.8 Å². The van der Waals surface area contributed by atoms with Crippen molar-refractivity contribution in [3.8, 4) is 0 Å². The highest BCUT2D eigenvalue weighted by Crippen LogP contribution is 2.25. The van der Waals surface area contributed by atoms with Crippen LogP contribution in [0.4, 0.5) is 28.1 Å². The van der Waals surface area contributed by atoms with E-state index in [1.165, 1.54) is 25.7 Å². The Morgan fingerprint density at radius 1 is 1.03 bits per heavy atom. The van der Waals surface area contributed by atoms with E-state index in [2.05, 4.69) is 41.9 Å². The first kappa shape index (κ1) is 24.1. The molecule has 2 aliphatic heterocycles. The number of anilines is 4. The molecule has 2 aromatic rings. The van der Waals surface area contributed by atoms with Crippen LogP contribution >= 0.6 is 0 Å². The SMILES string of the molecule is Cc1noc(C)c1NC(=O)NCCN(C)CCNc1cc(N2CCCC2)nc(N2CCCC2)n1. The summed E-state index contributed by atoms with van der Waals surface area (Å²) in [4.78, 5) is 28.6. The van der Waals surface area contributed by atoms with Gasteiger partial charge in [0.15, 0.2) is 5.76 Å². The molecule has 2 saturated heterocycles. The van der Waals surface area contributed by atoms with Gasteiger partial charge in [-0.25, -0.2) is 4.79 Å². The molecule has 34 heavy (non-hydrogen) atoms. The number of urea groups is 1. The Morgan fingerprint density at radius 3 is 2.38 bits per heavy atom. The number of amides is 2. The molecule has 11 nitrogen and oxygen atoms in total. The maximum Gasteiger partial charge on any atom is 0.319 e. The second kappa shape index (κ2) is 11.4. The largest absolute Gasteiger partial charge is 0.369 e. The molecule has 0 unspecified atom stereocenters. The van der Waals surface area contributed by atoms with Gasteiger partial charge in [0.2, 0.25) is 5.95 Å². The summed E-state index contributed by atoms with van der Waals surface area (Å²) in [5.74, 6) is 3.34. The molecule has 0 aliphatic carbocycles. The van der Waals surface area contributed by atoms with Gasteiger partial charge in [-0.05, 0) is 46.6 Å². The third kappa shape index (κ3) is 6.28. The Bertz CT molecular complexity index is 898. The number of nitrogens with zero attached hydrogens (tertiary/aromatic N) is 6. The van der Waals surface area contributed by atoms with E-state index in [9.17, 15) is 4.79 Å². The number of likely N-dealkylation sites (N-methyl/N-ethyl adjacent to an activating group) is 1. The van der Waals surface area contributed by atoms with Crippen LogP contribution in [-0.2, 0) is 0 Å². The predicted octanol–water partition coefficient (Wildman–Crippen LogP) is 2.45. The lowest BCUT2D eigenvalue weighted by Crippen LogP contribution is -2.37. The lowest BCUT2D eigenvalue weighted by molar-refractivity contribution is 0.249. The van der Waals surface area contributed by atoms with E-state index in [0.29, 0.717) is 23.7 Å². The van der Waals surface area contributed by atoms with Crippen LogP contribution in [0.25, 0.3) is 0 Å². The number of carbonyl (C=O) groups is 1. The molecule has 3 N–H and O–H groups in total. The van der Waals surface area contributed by atoms with E-state index in [-0.39, 0.29) is 6.03 Å². The van der Waals surface area contributed by atoms with E-state index in [1.54, 1.807) is 13.8 Å². The van der Waals surface area contributed by atoms with Crippen LogP contribution in [0.1, 0.15) is 37.1 Å². The van der Waals surface area contributed by atoms with Crippen molar-refractivity contribution in [2.24, 2.45) is 0 Å². The highest BCUT2D eigenvalue weighted by Gasteiger charge is 2.20. The Balaban J connectivity index is 1.22. The van der Waals surface area contributed by atoms with Gasteiger partial charge in [-0.15, -0.1) is 0 Å². The van der Waals surface area contributed by atoms with Crippen LogP contribution in [0.15, 0.2) is 10.6 Å². The van der Waals surface area contributed by atoms with E-state index in [4.69, 9.17) is 14.5 Å². The maximum absolute atomic E-state index is 12.1. The second-order valence-corrected chi connectivity index (χ2v) is 9.11. The third-order valence-electron chi connectivity index (χ3n) is 6.37. The molecule has 2 amide bonds. The summed E-state index contributed by atoms with van der Waals surface area (Å²) >= 11 is 0. The molecule has 0 radical (unpaired) electrons. The molecular weight excluding hydrogens is 434 g/mol. The fourth-order valence-electron chi connectivity index (χ4n) is 4.35. The summed E-state index contributed by atoms with van der Waals surface area (Å²) in [6, 6.07) is 1.82. The summed E-state index contributed by atoms with van der Waals surface area (Å²) in [6.45, 7) is 10.6. The lowest BCUT2D eigenvalue weighted by Gasteiger charge is -2.22. The fraction of sp³-hybridized carbons (Fsp3) is 0.652. The first-order chi connectivity index (χ1) is 16.5. The van der Waals surface area contributed by atoms with Crippen molar-refractivity contribution in [2.75, 3.05) is 79.8 Å². The number of aromatic nitrogens is 3. The van der Waals surface area contributed by atoms with Gasteiger partial charge in [0.25, 0.3) is 0 Å². The molecule has 2 aliphatic rings. The molecule has 0 spiro atoms. The van der Waals surface area contributed by atoms with Gasteiger partial charge in [-0.1, -0.05) is 5.16 Å². The van der Waals surface area contributed by atoms with Crippen molar-refractivity contribution in [3.63, 3.8) is 0 Å². The summed E-state index contributed by atoms with van der Waals surface area (Å²) < 4.78 is 5.07. The summed E-state index contributed by atoms with van der Waals surface area (Å²) in [5.41, 5.74) is 1.29. The van der Waals surface area contributed by atoms with E-state index in [1.807, 2.05) is 7.05 Å². The molecule has 0 atom stereocenters. The molecule has 4 rings (SSSR count). The molecule has 2 aromatic heterocycles. The van der Waals surface area contributed by atoms with Crippen LogP contribution in [0.5, 0.6) is 0 Å². The smallest absolute Gasteiger partial charge is 0.319 e. The normalized spacial score (nSPS) is 15.9. The number of hydrogen-bond donors (Lipinski definition) is 3. The average molecular weight is 472 g/mol. The van der Waals surface area contributed by atoms with Gasteiger partial charge in [-0.3, -0.25) is 0 Å². The Hall–Kier alpha value is -3.08. The number of hydrogen-bond acceptors (Lipinski definition) is 9. The molecule has 0 aromatic carbocycles. The molecule has 0 bridgehead atoms. The maximum atomic E-state index is 12.1.